The zero-order chi connectivity index (χ0) is 13.7. The van der Waals surface area contributed by atoms with Crippen molar-refractivity contribution >= 4 is 0 Å². The van der Waals surface area contributed by atoms with Gasteiger partial charge in [0.25, 0.3) is 0 Å². The molecule has 1 aromatic rings. The number of hydrogen-bond acceptors (Lipinski definition) is 3. The predicted octanol–water partition coefficient (Wildman–Crippen LogP) is 2.45. The van der Waals surface area contributed by atoms with Crippen molar-refractivity contribution in [2.75, 3.05) is 33.2 Å². The van der Waals surface area contributed by atoms with Crippen molar-refractivity contribution in [2.24, 2.45) is 0 Å². The number of nitrogens with zero attached hydrogens (tertiary/aromatic N) is 2. The monoisotopic (exact) mass is 261 g/mol. The van der Waals surface area contributed by atoms with Crippen LogP contribution in [0.2, 0.25) is 0 Å². The summed E-state index contributed by atoms with van der Waals surface area (Å²) in [6.45, 7) is 8.98. The van der Waals surface area contributed by atoms with Gasteiger partial charge in [-0.05, 0) is 31.0 Å². The van der Waals surface area contributed by atoms with Crippen molar-refractivity contribution in [2.45, 2.75) is 32.7 Å². The van der Waals surface area contributed by atoms with Crippen LogP contribution >= 0.6 is 0 Å². The second kappa shape index (κ2) is 7.04. The predicted molar refractivity (Wildman–Crippen MR) is 81.1 cm³/mol. The molecule has 0 amide bonds. The summed E-state index contributed by atoms with van der Waals surface area (Å²) in [7, 11) is 2.19. The molecule has 1 heterocycles. The van der Waals surface area contributed by atoms with Crippen LogP contribution < -0.4 is 5.43 Å². The number of benzene rings is 1. The first-order chi connectivity index (χ1) is 9.22. The van der Waals surface area contributed by atoms with E-state index >= 15 is 0 Å². The minimum absolute atomic E-state index is 0.439. The van der Waals surface area contributed by atoms with Crippen molar-refractivity contribution < 1.29 is 0 Å². The zero-order valence-corrected chi connectivity index (χ0v) is 12.5. The Hall–Kier alpha value is -0.900. The van der Waals surface area contributed by atoms with Gasteiger partial charge in [-0.25, -0.2) is 10.4 Å². The Morgan fingerprint density at radius 2 is 1.68 bits per heavy atom. The van der Waals surface area contributed by atoms with Crippen LogP contribution in [0.15, 0.2) is 24.3 Å². The number of likely N-dealkylation sites (N-methyl/N-ethyl adjacent to an activating group) is 1. The summed E-state index contributed by atoms with van der Waals surface area (Å²) in [4.78, 5) is 2.38. The molecular weight excluding hydrogens is 234 g/mol. The van der Waals surface area contributed by atoms with Gasteiger partial charge in [0.05, 0.1) is 0 Å². The highest BCUT2D eigenvalue weighted by molar-refractivity contribution is 5.24. The maximum Gasteiger partial charge on any atom is 0.0462 e. The first kappa shape index (κ1) is 14.5. The Morgan fingerprint density at radius 1 is 1.05 bits per heavy atom. The van der Waals surface area contributed by atoms with Crippen LogP contribution in [-0.4, -0.2) is 43.1 Å². The molecule has 0 aliphatic carbocycles. The van der Waals surface area contributed by atoms with E-state index in [2.05, 4.69) is 60.5 Å². The Bertz CT molecular complexity index is 366. The molecule has 2 rings (SSSR count). The molecule has 19 heavy (non-hydrogen) atoms. The lowest BCUT2D eigenvalue weighted by atomic mass is 10.0. The second-order valence-corrected chi connectivity index (χ2v) is 5.48. The maximum atomic E-state index is 3.69. The van der Waals surface area contributed by atoms with Crippen LogP contribution in [0.5, 0.6) is 0 Å². The van der Waals surface area contributed by atoms with Crippen LogP contribution in [-0.2, 0) is 6.42 Å². The largest absolute Gasteiger partial charge is 0.304 e. The Balaban J connectivity index is 1.95. The fraction of sp³-hybridized carbons (Fsp3) is 0.625. The topological polar surface area (TPSA) is 18.5 Å². The third kappa shape index (κ3) is 4.03. The summed E-state index contributed by atoms with van der Waals surface area (Å²) >= 11 is 0. The Morgan fingerprint density at radius 3 is 2.21 bits per heavy atom. The molecule has 0 radical (unpaired) electrons. The zero-order valence-electron chi connectivity index (χ0n) is 12.5. The molecule has 0 bridgehead atoms. The smallest absolute Gasteiger partial charge is 0.0462 e. The highest BCUT2D eigenvalue weighted by Crippen LogP contribution is 2.18. The van der Waals surface area contributed by atoms with Crippen LogP contribution in [0.3, 0.4) is 0 Å². The van der Waals surface area contributed by atoms with Crippen LogP contribution in [0.4, 0.5) is 0 Å². The van der Waals surface area contributed by atoms with E-state index < -0.39 is 0 Å². The third-order valence-electron chi connectivity index (χ3n) is 4.04. The van der Waals surface area contributed by atoms with Gasteiger partial charge >= 0.3 is 0 Å². The molecule has 0 spiro atoms. The lowest BCUT2D eigenvalue weighted by Gasteiger charge is -2.35. The molecular formula is C16H27N3. The number of rotatable bonds is 5. The average Bonchev–Trinajstić information content (AvgIpc) is 2.47. The van der Waals surface area contributed by atoms with Crippen molar-refractivity contribution in [3.8, 4) is 0 Å². The van der Waals surface area contributed by atoms with Crippen molar-refractivity contribution in [3.05, 3.63) is 35.4 Å². The summed E-state index contributed by atoms with van der Waals surface area (Å²) in [6.07, 6.45) is 2.24. The molecule has 3 nitrogen and oxygen atoms in total. The summed E-state index contributed by atoms with van der Waals surface area (Å²) in [5.41, 5.74) is 6.50. The van der Waals surface area contributed by atoms with E-state index in [0.717, 1.165) is 39.0 Å². The number of hydrogen-bond donors (Lipinski definition) is 1. The molecule has 1 fully saturated rings. The molecule has 1 unspecified atom stereocenters. The van der Waals surface area contributed by atoms with E-state index in [0.29, 0.717) is 6.04 Å². The maximum absolute atomic E-state index is 3.69. The molecule has 3 heteroatoms. The number of nitrogens with one attached hydrogen (secondary N) is 1. The minimum atomic E-state index is 0.439. The second-order valence-electron chi connectivity index (χ2n) is 5.48. The Labute approximate surface area is 117 Å². The van der Waals surface area contributed by atoms with Gasteiger partial charge < -0.3 is 4.90 Å². The minimum Gasteiger partial charge on any atom is -0.304 e. The normalized spacial score (nSPS) is 19.5. The lowest BCUT2D eigenvalue weighted by Crippen LogP contribution is -2.51. The molecule has 1 aromatic carbocycles. The quantitative estimate of drug-likeness (QED) is 0.878. The van der Waals surface area contributed by atoms with E-state index in [9.17, 15) is 0 Å². The fourth-order valence-electron chi connectivity index (χ4n) is 2.54. The average molecular weight is 261 g/mol. The van der Waals surface area contributed by atoms with Gasteiger partial charge in [-0.2, -0.15) is 0 Å². The van der Waals surface area contributed by atoms with Crippen LogP contribution in [0.25, 0.3) is 0 Å². The number of piperazine rings is 1. The Kier molecular flexibility index (Phi) is 5.37. The summed E-state index contributed by atoms with van der Waals surface area (Å²) in [5, 5.41) is 2.38. The van der Waals surface area contributed by atoms with E-state index in [1.807, 2.05) is 0 Å². The first-order valence-corrected chi connectivity index (χ1v) is 7.51. The van der Waals surface area contributed by atoms with Crippen molar-refractivity contribution in [1.29, 1.82) is 0 Å². The summed E-state index contributed by atoms with van der Waals surface area (Å²) in [6, 6.07) is 9.49. The first-order valence-electron chi connectivity index (χ1n) is 7.51. The van der Waals surface area contributed by atoms with Gasteiger partial charge in [0.1, 0.15) is 0 Å². The lowest BCUT2D eigenvalue weighted by molar-refractivity contribution is 0.0857. The van der Waals surface area contributed by atoms with Gasteiger partial charge in [0.15, 0.2) is 0 Å². The molecule has 106 valence electrons. The van der Waals surface area contributed by atoms with E-state index in [4.69, 9.17) is 0 Å². The SMILES string of the molecule is CCc1ccc(C(CC)NN2CCN(C)CC2)cc1. The highest BCUT2D eigenvalue weighted by atomic mass is 15.5. The van der Waals surface area contributed by atoms with E-state index in [1.54, 1.807) is 0 Å². The van der Waals surface area contributed by atoms with Crippen LogP contribution in [0.1, 0.15) is 37.4 Å². The fourth-order valence-corrected chi connectivity index (χ4v) is 2.54. The molecule has 1 aliphatic rings. The van der Waals surface area contributed by atoms with Crippen molar-refractivity contribution in [3.63, 3.8) is 0 Å². The van der Waals surface area contributed by atoms with Gasteiger partial charge in [0, 0.05) is 32.2 Å². The number of hydrazine groups is 1. The van der Waals surface area contributed by atoms with Gasteiger partial charge in [0.2, 0.25) is 0 Å². The highest BCUT2D eigenvalue weighted by Gasteiger charge is 2.17. The van der Waals surface area contributed by atoms with Crippen molar-refractivity contribution in [1.82, 2.24) is 15.3 Å². The van der Waals surface area contributed by atoms with Gasteiger partial charge in [-0.1, -0.05) is 38.1 Å². The molecule has 1 saturated heterocycles. The molecule has 1 atom stereocenters. The van der Waals surface area contributed by atoms with Gasteiger partial charge in [-0.15, -0.1) is 0 Å². The summed E-state index contributed by atoms with van der Waals surface area (Å²) in [5.74, 6) is 0. The van der Waals surface area contributed by atoms with E-state index in [-0.39, 0.29) is 0 Å². The number of aryl methyl sites for hydroxylation is 1. The van der Waals surface area contributed by atoms with E-state index in [1.165, 1.54) is 11.1 Å². The molecule has 0 saturated carbocycles. The van der Waals surface area contributed by atoms with Crippen LogP contribution in [0, 0.1) is 0 Å². The molecule has 1 N–H and O–H groups in total. The molecule has 0 aromatic heterocycles. The van der Waals surface area contributed by atoms with Gasteiger partial charge in [-0.3, -0.25) is 0 Å². The summed E-state index contributed by atoms with van der Waals surface area (Å²) < 4.78 is 0. The molecule has 1 aliphatic heterocycles. The standard InChI is InChI=1S/C16H27N3/c1-4-14-6-8-15(9-7-14)16(5-2)17-19-12-10-18(3)11-13-19/h6-9,16-17H,4-5,10-13H2,1-3H3. The third-order valence-corrected chi connectivity index (χ3v) is 4.04.